The van der Waals surface area contributed by atoms with Crippen LogP contribution in [0.15, 0.2) is 18.2 Å². The minimum atomic E-state index is -0.0302. The van der Waals surface area contributed by atoms with Crippen LogP contribution in [0.5, 0.6) is 5.75 Å². The second-order valence-corrected chi connectivity index (χ2v) is 7.33. The molecule has 1 aromatic carbocycles. The summed E-state index contributed by atoms with van der Waals surface area (Å²) in [6, 6.07) is 6.07. The van der Waals surface area contributed by atoms with Crippen molar-refractivity contribution in [2.75, 3.05) is 59.7 Å². The van der Waals surface area contributed by atoms with Crippen molar-refractivity contribution in [2.45, 2.75) is 33.1 Å². The predicted octanol–water partition coefficient (Wildman–Crippen LogP) is 2.19. The normalized spacial score (nSPS) is 14.6. The van der Waals surface area contributed by atoms with Gasteiger partial charge in [-0.1, -0.05) is 18.2 Å². The first-order valence-electron chi connectivity index (χ1n) is 10.3. The molecule has 0 spiro atoms. The molecule has 0 atom stereocenters. The van der Waals surface area contributed by atoms with Crippen molar-refractivity contribution in [2.24, 2.45) is 0 Å². The van der Waals surface area contributed by atoms with Crippen LogP contribution in [0.4, 0.5) is 0 Å². The van der Waals surface area contributed by atoms with Crippen molar-refractivity contribution in [3.8, 4) is 5.75 Å². The van der Waals surface area contributed by atoms with Crippen molar-refractivity contribution in [1.29, 1.82) is 0 Å². The minimum Gasteiger partial charge on any atom is -0.493 e. The van der Waals surface area contributed by atoms with Gasteiger partial charge in [0, 0.05) is 39.7 Å². The van der Waals surface area contributed by atoms with E-state index in [1.54, 1.807) is 12.0 Å². The lowest BCUT2D eigenvalue weighted by atomic mass is 10.1. The number of ether oxygens (including phenoxy) is 3. The molecule has 0 N–H and O–H groups in total. The molecule has 0 radical (unpaired) electrons. The number of para-hydroxylation sites is 1. The van der Waals surface area contributed by atoms with E-state index in [2.05, 4.69) is 0 Å². The maximum absolute atomic E-state index is 12.5. The van der Waals surface area contributed by atoms with Gasteiger partial charge in [0.25, 0.3) is 0 Å². The number of aryl methyl sites for hydroxylation is 2. The molecular formula is C22H34N2O5. The third-order valence-electron chi connectivity index (χ3n) is 5.05. The monoisotopic (exact) mass is 406 g/mol. The molecule has 0 saturated carbocycles. The highest BCUT2D eigenvalue weighted by molar-refractivity contribution is 5.78. The Morgan fingerprint density at radius 3 is 2.24 bits per heavy atom. The standard InChI is InChI=1S/C22H34N2O5/c1-18-7-4-8-19(2)22(18)29-14-5-9-20(25)23-10-6-11-24(13-12-23)21(26)17-28-16-15-27-3/h4,7-8H,5-6,9-17H2,1-3H3. The van der Waals surface area contributed by atoms with Gasteiger partial charge >= 0.3 is 0 Å². The van der Waals surface area contributed by atoms with E-state index in [0.29, 0.717) is 58.8 Å². The lowest BCUT2D eigenvalue weighted by molar-refractivity contribution is -0.137. The quantitative estimate of drug-likeness (QED) is 0.557. The van der Waals surface area contributed by atoms with E-state index in [9.17, 15) is 9.59 Å². The fourth-order valence-corrected chi connectivity index (χ4v) is 3.39. The molecule has 1 saturated heterocycles. The van der Waals surface area contributed by atoms with Crippen LogP contribution in [0.25, 0.3) is 0 Å². The Morgan fingerprint density at radius 2 is 1.59 bits per heavy atom. The summed E-state index contributed by atoms with van der Waals surface area (Å²) in [5.41, 5.74) is 2.22. The van der Waals surface area contributed by atoms with Gasteiger partial charge in [-0.15, -0.1) is 0 Å². The average Bonchev–Trinajstić information content (AvgIpc) is 2.96. The van der Waals surface area contributed by atoms with Crippen molar-refractivity contribution in [1.82, 2.24) is 9.80 Å². The Balaban J connectivity index is 1.69. The number of methoxy groups -OCH3 is 1. The minimum absolute atomic E-state index is 0.0302. The zero-order valence-electron chi connectivity index (χ0n) is 17.9. The van der Waals surface area contributed by atoms with Crippen molar-refractivity contribution >= 4 is 11.8 Å². The molecule has 7 heteroatoms. The first-order chi connectivity index (χ1) is 14.0. The van der Waals surface area contributed by atoms with Crippen LogP contribution in [0, 0.1) is 13.8 Å². The van der Waals surface area contributed by atoms with Gasteiger partial charge in [0.05, 0.1) is 19.8 Å². The molecule has 0 aliphatic carbocycles. The van der Waals surface area contributed by atoms with Crippen LogP contribution in [0.1, 0.15) is 30.4 Å². The highest BCUT2D eigenvalue weighted by Crippen LogP contribution is 2.22. The van der Waals surface area contributed by atoms with Crippen molar-refractivity contribution < 1.29 is 23.8 Å². The molecule has 0 unspecified atom stereocenters. The number of hydrogen-bond donors (Lipinski definition) is 0. The summed E-state index contributed by atoms with van der Waals surface area (Å²) in [5.74, 6) is 1.01. The van der Waals surface area contributed by atoms with Gasteiger partial charge in [0.2, 0.25) is 11.8 Å². The molecule has 7 nitrogen and oxygen atoms in total. The van der Waals surface area contributed by atoms with Gasteiger partial charge in [-0.05, 0) is 37.8 Å². The zero-order valence-corrected chi connectivity index (χ0v) is 17.9. The summed E-state index contributed by atoms with van der Waals surface area (Å²) in [6.45, 7) is 7.99. The molecule has 1 fully saturated rings. The van der Waals surface area contributed by atoms with Crippen LogP contribution < -0.4 is 4.74 Å². The molecule has 0 aromatic heterocycles. The van der Waals surface area contributed by atoms with Crippen LogP contribution in [-0.4, -0.2) is 81.3 Å². The Kier molecular flexibility index (Phi) is 9.94. The number of nitrogens with zero attached hydrogens (tertiary/aromatic N) is 2. The SMILES string of the molecule is COCCOCC(=O)N1CCCN(C(=O)CCCOc2c(C)cccc2C)CC1. The Bertz CT molecular complexity index is 644. The topological polar surface area (TPSA) is 68.3 Å². The third kappa shape index (κ3) is 7.66. The molecule has 1 aliphatic rings. The first kappa shape index (κ1) is 23.2. The largest absolute Gasteiger partial charge is 0.493 e. The molecule has 2 rings (SSSR count). The van der Waals surface area contributed by atoms with E-state index < -0.39 is 0 Å². The first-order valence-corrected chi connectivity index (χ1v) is 10.3. The molecular weight excluding hydrogens is 372 g/mol. The van der Waals surface area contributed by atoms with Gasteiger partial charge in [-0.3, -0.25) is 9.59 Å². The molecule has 29 heavy (non-hydrogen) atoms. The summed E-state index contributed by atoms with van der Waals surface area (Å²) in [7, 11) is 1.60. The molecule has 2 amide bonds. The van der Waals surface area contributed by atoms with E-state index in [0.717, 1.165) is 23.3 Å². The second kappa shape index (κ2) is 12.4. The van der Waals surface area contributed by atoms with Crippen LogP contribution in [-0.2, 0) is 19.1 Å². The molecule has 1 heterocycles. The van der Waals surface area contributed by atoms with Crippen molar-refractivity contribution in [3.63, 3.8) is 0 Å². The maximum Gasteiger partial charge on any atom is 0.248 e. The summed E-state index contributed by atoms with van der Waals surface area (Å²) in [4.78, 5) is 28.4. The smallest absolute Gasteiger partial charge is 0.248 e. The maximum atomic E-state index is 12.5. The zero-order chi connectivity index (χ0) is 21.1. The van der Waals surface area contributed by atoms with E-state index >= 15 is 0 Å². The van der Waals surface area contributed by atoms with Crippen LogP contribution in [0.3, 0.4) is 0 Å². The second-order valence-electron chi connectivity index (χ2n) is 7.33. The van der Waals surface area contributed by atoms with Gasteiger partial charge in [0.15, 0.2) is 0 Å². The molecule has 1 aliphatic heterocycles. The fourth-order valence-electron chi connectivity index (χ4n) is 3.39. The van der Waals surface area contributed by atoms with Gasteiger partial charge in [-0.2, -0.15) is 0 Å². The fraction of sp³-hybridized carbons (Fsp3) is 0.636. The third-order valence-corrected chi connectivity index (χ3v) is 5.05. The van der Waals surface area contributed by atoms with Crippen LogP contribution in [0.2, 0.25) is 0 Å². The van der Waals surface area contributed by atoms with Crippen molar-refractivity contribution in [3.05, 3.63) is 29.3 Å². The lowest BCUT2D eigenvalue weighted by Gasteiger charge is -2.22. The highest BCUT2D eigenvalue weighted by atomic mass is 16.5. The van der Waals surface area contributed by atoms with Gasteiger partial charge < -0.3 is 24.0 Å². The Hall–Kier alpha value is -2.12. The van der Waals surface area contributed by atoms with Crippen LogP contribution >= 0.6 is 0 Å². The number of carbonyl (C=O) groups excluding carboxylic acids is 2. The highest BCUT2D eigenvalue weighted by Gasteiger charge is 2.21. The molecule has 0 bridgehead atoms. The van der Waals surface area contributed by atoms with Gasteiger partial charge in [0.1, 0.15) is 12.4 Å². The predicted molar refractivity (Wildman–Crippen MR) is 111 cm³/mol. The number of amides is 2. The number of hydrogen-bond acceptors (Lipinski definition) is 5. The number of rotatable bonds is 10. The lowest BCUT2D eigenvalue weighted by Crippen LogP contribution is -2.39. The summed E-state index contributed by atoms with van der Waals surface area (Å²) in [6.07, 6.45) is 1.92. The van der Waals surface area contributed by atoms with E-state index in [1.807, 2.05) is 36.9 Å². The van der Waals surface area contributed by atoms with Gasteiger partial charge in [-0.25, -0.2) is 0 Å². The Labute approximate surface area is 173 Å². The summed E-state index contributed by atoms with van der Waals surface area (Å²) in [5, 5.41) is 0. The number of carbonyl (C=O) groups is 2. The average molecular weight is 407 g/mol. The molecule has 162 valence electrons. The Morgan fingerprint density at radius 1 is 0.931 bits per heavy atom. The van der Waals surface area contributed by atoms with E-state index in [1.165, 1.54) is 0 Å². The summed E-state index contributed by atoms with van der Waals surface area (Å²) < 4.78 is 16.1. The van der Waals surface area contributed by atoms with E-state index in [4.69, 9.17) is 14.2 Å². The number of benzene rings is 1. The summed E-state index contributed by atoms with van der Waals surface area (Å²) >= 11 is 0. The molecule has 1 aromatic rings. The van der Waals surface area contributed by atoms with E-state index in [-0.39, 0.29) is 18.4 Å².